The van der Waals surface area contributed by atoms with E-state index in [2.05, 4.69) is 0 Å². The molecule has 0 radical (unpaired) electrons. The summed E-state index contributed by atoms with van der Waals surface area (Å²) >= 11 is 5.79. The molecule has 1 unspecified atom stereocenters. The monoisotopic (exact) mass is 196 g/mol. The lowest BCUT2D eigenvalue weighted by Crippen LogP contribution is -2.05. The van der Waals surface area contributed by atoms with E-state index in [1.807, 2.05) is 24.3 Å². The third-order valence-electron chi connectivity index (χ3n) is 2.69. The van der Waals surface area contributed by atoms with Gasteiger partial charge in [-0.15, -0.1) is 0 Å². The first kappa shape index (κ1) is 9.04. The number of aliphatic hydroxyl groups is 1. The van der Waals surface area contributed by atoms with Crippen LogP contribution in [0, 0.1) is 5.92 Å². The van der Waals surface area contributed by atoms with Crippen LogP contribution < -0.4 is 0 Å². The minimum absolute atomic E-state index is 0.256. The van der Waals surface area contributed by atoms with E-state index < -0.39 is 0 Å². The van der Waals surface area contributed by atoms with Gasteiger partial charge in [-0.1, -0.05) is 23.7 Å². The minimum atomic E-state index is 0.256. The molecule has 70 valence electrons. The minimum Gasteiger partial charge on any atom is -0.396 e. The average Bonchev–Trinajstić information content (AvgIpc) is 2.93. The van der Waals surface area contributed by atoms with Gasteiger partial charge >= 0.3 is 0 Å². The van der Waals surface area contributed by atoms with E-state index in [0.29, 0.717) is 11.8 Å². The highest BCUT2D eigenvalue weighted by molar-refractivity contribution is 6.30. The molecule has 0 spiro atoms. The lowest BCUT2D eigenvalue weighted by molar-refractivity contribution is 0.253. The maximum absolute atomic E-state index is 9.23. The maximum Gasteiger partial charge on any atom is 0.0502 e. The Bertz CT molecular complexity index is 277. The van der Waals surface area contributed by atoms with E-state index in [4.69, 9.17) is 11.6 Å². The molecule has 1 fully saturated rings. The van der Waals surface area contributed by atoms with Crippen molar-refractivity contribution < 1.29 is 5.11 Å². The molecule has 2 rings (SSSR count). The van der Waals surface area contributed by atoms with Crippen molar-refractivity contribution >= 4 is 11.6 Å². The third-order valence-corrected chi connectivity index (χ3v) is 2.94. The van der Waals surface area contributed by atoms with Crippen molar-refractivity contribution in [3.63, 3.8) is 0 Å². The van der Waals surface area contributed by atoms with Gasteiger partial charge in [-0.3, -0.25) is 0 Å². The summed E-state index contributed by atoms with van der Waals surface area (Å²) in [5, 5.41) is 9.99. The maximum atomic E-state index is 9.23. The fourth-order valence-electron chi connectivity index (χ4n) is 1.74. The van der Waals surface area contributed by atoms with Crippen molar-refractivity contribution in [3.8, 4) is 0 Å². The van der Waals surface area contributed by atoms with Crippen LogP contribution in [0.5, 0.6) is 0 Å². The first-order valence-corrected chi connectivity index (χ1v) is 5.05. The van der Waals surface area contributed by atoms with Gasteiger partial charge in [0.15, 0.2) is 0 Å². The number of hydrogen-bond acceptors (Lipinski definition) is 1. The number of hydrogen-bond donors (Lipinski definition) is 1. The number of benzene rings is 1. The summed E-state index contributed by atoms with van der Waals surface area (Å²) in [6.07, 6.45) is 2.52. The van der Waals surface area contributed by atoms with Crippen LogP contribution in [0.2, 0.25) is 5.02 Å². The Kier molecular flexibility index (Phi) is 2.56. The van der Waals surface area contributed by atoms with Crippen molar-refractivity contribution in [3.05, 3.63) is 34.9 Å². The van der Waals surface area contributed by atoms with Gasteiger partial charge in [0.25, 0.3) is 0 Å². The largest absolute Gasteiger partial charge is 0.396 e. The molecule has 0 heterocycles. The fourth-order valence-corrected chi connectivity index (χ4v) is 1.86. The van der Waals surface area contributed by atoms with E-state index in [9.17, 15) is 5.11 Å². The van der Waals surface area contributed by atoms with E-state index in [0.717, 1.165) is 5.02 Å². The second-order valence-electron chi connectivity index (χ2n) is 3.68. The Balaban J connectivity index is 2.17. The van der Waals surface area contributed by atoms with Crippen molar-refractivity contribution in [2.24, 2.45) is 5.92 Å². The van der Waals surface area contributed by atoms with Gasteiger partial charge < -0.3 is 5.11 Å². The second kappa shape index (κ2) is 3.69. The molecular weight excluding hydrogens is 184 g/mol. The van der Waals surface area contributed by atoms with E-state index in [1.165, 1.54) is 18.4 Å². The summed E-state index contributed by atoms with van der Waals surface area (Å²) in [5.41, 5.74) is 1.22. The Morgan fingerprint density at radius 1 is 1.31 bits per heavy atom. The van der Waals surface area contributed by atoms with Crippen molar-refractivity contribution in [2.75, 3.05) is 6.61 Å². The van der Waals surface area contributed by atoms with Crippen LogP contribution in [-0.2, 0) is 0 Å². The smallest absolute Gasteiger partial charge is 0.0502 e. The van der Waals surface area contributed by atoms with Gasteiger partial charge in [-0.25, -0.2) is 0 Å². The highest BCUT2D eigenvalue weighted by Gasteiger charge is 2.31. The van der Waals surface area contributed by atoms with Crippen LogP contribution in [0.25, 0.3) is 0 Å². The van der Waals surface area contributed by atoms with Gasteiger partial charge in [0.05, 0.1) is 6.61 Å². The first-order valence-electron chi connectivity index (χ1n) is 4.67. The normalized spacial score (nSPS) is 18.6. The predicted octanol–water partition coefficient (Wildman–Crippen LogP) is 2.83. The Morgan fingerprint density at radius 2 is 1.92 bits per heavy atom. The lowest BCUT2D eigenvalue weighted by atomic mass is 9.95. The molecule has 0 aromatic heterocycles. The predicted molar refractivity (Wildman–Crippen MR) is 54.0 cm³/mol. The van der Waals surface area contributed by atoms with Gasteiger partial charge in [-0.2, -0.15) is 0 Å². The molecular formula is C11H13ClO. The van der Waals surface area contributed by atoms with Crippen molar-refractivity contribution in [2.45, 2.75) is 18.8 Å². The zero-order valence-electron chi connectivity index (χ0n) is 7.41. The van der Waals surface area contributed by atoms with Crippen molar-refractivity contribution in [1.29, 1.82) is 0 Å². The number of aliphatic hydroxyl groups excluding tert-OH is 1. The van der Waals surface area contributed by atoms with Crippen LogP contribution in [0.1, 0.15) is 24.3 Å². The van der Waals surface area contributed by atoms with Gasteiger partial charge in [-0.05, 0) is 36.5 Å². The molecule has 1 aromatic rings. The van der Waals surface area contributed by atoms with Gasteiger partial charge in [0.1, 0.15) is 0 Å². The molecule has 1 saturated carbocycles. The molecule has 0 amide bonds. The van der Waals surface area contributed by atoms with E-state index >= 15 is 0 Å². The molecule has 2 heteroatoms. The molecule has 1 N–H and O–H groups in total. The molecule has 0 saturated heterocycles. The van der Waals surface area contributed by atoms with Crippen LogP contribution in [-0.4, -0.2) is 11.7 Å². The average molecular weight is 197 g/mol. The first-order chi connectivity index (χ1) is 6.31. The molecule has 0 aliphatic heterocycles. The van der Waals surface area contributed by atoms with Crippen LogP contribution in [0.4, 0.5) is 0 Å². The SMILES string of the molecule is OCC(c1ccc(Cl)cc1)C1CC1. The summed E-state index contributed by atoms with van der Waals surface area (Å²) in [5.74, 6) is 1.03. The summed E-state index contributed by atoms with van der Waals surface area (Å²) in [6.45, 7) is 0.256. The molecule has 1 aromatic carbocycles. The Labute approximate surface area is 83.3 Å². The number of halogens is 1. The highest BCUT2D eigenvalue weighted by atomic mass is 35.5. The summed E-state index contributed by atoms with van der Waals surface area (Å²) < 4.78 is 0. The lowest BCUT2D eigenvalue weighted by Gasteiger charge is -2.12. The second-order valence-corrected chi connectivity index (χ2v) is 4.11. The topological polar surface area (TPSA) is 20.2 Å². The molecule has 13 heavy (non-hydrogen) atoms. The third kappa shape index (κ3) is 2.04. The molecule has 1 atom stereocenters. The van der Waals surface area contributed by atoms with Crippen LogP contribution >= 0.6 is 11.6 Å². The van der Waals surface area contributed by atoms with Crippen LogP contribution in [0.15, 0.2) is 24.3 Å². The standard InChI is InChI=1S/C11H13ClO/c12-10-5-3-9(4-6-10)11(7-13)8-1-2-8/h3-6,8,11,13H,1-2,7H2. The summed E-state index contributed by atoms with van der Waals surface area (Å²) in [7, 11) is 0. The zero-order chi connectivity index (χ0) is 9.26. The fraction of sp³-hybridized carbons (Fsp3) is 0.455. The van der Waals surface area contributed by atoms with Crippen LogP contribution in [0.3, 0.4) is 0 Å². The number of rotatable bonds is 3. The zero-order valence-corrected chi connectivity index (χ0v) is 8.17. The van der Waals surface area contributed by atoms with Crippen molar-refractivity contribution in [1.82, 2.24) is 0 Å². The van der Waals surface area contributed by atoms with E-state index in [1.54, 1.807) is 0 Å². The summed E-state index contributed by atoms with van der Waals surface area (Å²) in [4.78, 5) is 0. The molecule has 1 aliphatic carbocycles. The highest BCUT2D eigenvalue weighted by Crippen LogP contribution is 2.42. The van der Waals surface area contributed by atoms with Gasteiger partial charge in [0, 0.05) is 10.9 Å². The Morgan fingerprint density at radius 3 is 2.38 bits per heavy atom. The molecule has 1 nitrogen and oxygen atoms in total. The van der Waals surface area contributed by atoms with Gasteiger partial charge in [0.2, 0.25) is 0 Å². The van der Waals surface area contributed by atoms with E-state index in [-0.39, 0.29) is 6.61 Å². The Hall–Kier alpha value is -0.530. The molecule has 0 bridgehead atoms. The quantitative estimate of drug-likeness (QED) is 0.789. The summed E-state index contributed by atoms with van der Waals surface area (Å²) in [6, 6.07) is 7.81. The molecule has 1 aliphatic rings.